The summed E-state index contributed by atoms with van der Waals surface area (Å²) in [5, 5.41) is 2.88. The molecular formula is C16H19FN2O2. The first-order chi connectivity index (χ1) is 10.1. The van der Waals surface area contributed by atoms with Crippen molar-refractivity contribution in [2.75, 3.05) is 13.1 Å². The van der Waals surface area contributed by atoms with E-state index in [1.165, 1.54) is 12.1 Å². The van der Waals surface area contributed by atoms with Crippen LogP contribution in [0.5, 0.6) is 0 Å². The van der Waals surface area contributed by atoms with Crippen molar-refractivity contribution in [3.63, 3.8) is 0 Å². The van der Waals surface area contributed by atoms with E-state index in [4.69, 9.17) is 0 Å². The van der Waals surface area contributed by atoms with Gasteiger partial charge in [-0.1, -0.05) is 12.1 Å². The Hall–Kier alpha value is -1.91. The SMILES string of the molecule is O=C(NCCc1ccc(F)cc1)[C@H]1CC(=O)N(C2CC2)C1. The fraction of sp³-hybridized carbons (Fsp3) is 0.500. The molecule has 0 aromatic heterocycles. The molecule has 4 nitrogen and oxygen atoms in total. The summed E-state index contributed by atoms with van der Waals surface area (Å²) in [6.07, 6.45) is 3.15. The van der Waals surface area contributed by atoms with Gasteiger partial charge in [0.15, 0.2) is 0 Å². The van der Waals surface area contributed by atoms with E-state index in [9.17, 15) is 14.0 Å². The minimum Gasteiger partial charge on any atom is -0.355 e. The molecule has 1 aliphatic heterocycles. The zero-order valence-corrected chi connectivity index (χ0v) is 11.8. The zero-order chi connectivity index (χ0) is 14.8. The van der Waals surface area contributed by atoms with Gasteiger partial charge < -0.3 is 10.2 Å². The third-order valence-electron chi connectivity index (χ3n) is 4.14. The van der Waals surface area contributed by atoms with Crippen molar-refractivity contribution in [1.82, 2.24) is 10.2 Å². The third-order valence-corrected chi connectivity index (χ3v) is 4.14. The van der Waals surface area contributed by atoms with Gasteiger partial charge in [0.1, 0.15) is 5.82 Å². The van der Waals surface area contributed by atoms with Gasteiger partial charge in [-0.05, 0) is 37.0 Å². The number of likely N-dealkylation sites (tertiary alicyclic amines) is 1. The molecule has 21 heavy (non-hydrogen) atoms. The van der Waals surface area contributed by atoms with E-state index in [-0.39, 0.29) is 23.5 Å². The Balaban J connectivity index is 1.44. The van der Waals surface area contributed by atoms with E-state index >= 15 is 0 Å². The number of rotatable bonds is 5. The molecule has 1 heterocycles. The second kappa shape index (κ2) is 5.84. The molecular weight excluding hydrogens is 271 g/mol. The Kier molecular flexibility index (Phi) is 3.90. The fourth-order valence-electron chi connectivity index (χ4n) is 2.77. The molecule has 1 saturated heterocycles. The minimum absolute atomic E-state index is 0.0476. The molecule has 0 spiro atoms. The van der Waals surface area contributed by atoms with Crippen LogP contribution in [-0.4, -0.2) is 35.8 Å². The van der Waals surface area contributed by atoms with Crippen LogP contribution in [0.2, 0.25) is 0 Å². The number of hydrogen-bond donors (Lipinski definition) is 1. The molecule has 1 aromatic carbocycles. The summed E-state index contributed by atoms with van der Waals surface area (Å²) in [7, 11) is 0. The van der Waals surface area contributed by atoms with Crippen LogP contribution in [0.15, 0.2) is 24.3 Å². The topological polar surface area (TPSA) is 49.4 Å². The molecule has 1 aliphatic carbocycles. The third kappa shape index (κ3) is 3.40. The maximum absolute atomic E-state index is 12.8. The first kappa shape index (κ1) is 14.0. The average molecular weight is 290 g/mol. The highest BCUT2D eigenvalue weighted by Crippen LogP contribution is 2.32. The lowest BCUT2D eigenvalue weighted by Crippen LogP contribution is -2.34. The van der Waals surface area contributed by atoms with Crippen LogP contribution >= 0.6 is 0 Å². The first-order valence-corrected chi connectivity index (χ1v) is 7.45. The van der Waals surface area contributed by atoms with Gasteiger partial charge in [0, 0.05) is 25.6 Å². The van der Waals surface area contributed by atoms with Crippen molar-refractivity contribution >= 4 is 11.8 Å². The van der Waals surface area contributed by atoms with Crippen LogP contribution in [0, 0.1) is 11.7 Å². The lowest BCUT2D eigenvalue weighted by atomic mass is 10.1. The predicted molar refractivity (Wildman–Crippen MR) is 76.0 cm³/mol. The summed E-state index contributed by atoms with van der Waals surface area (Å²) in [5.74, 6) is -0.413. The number of benzene rings is 1. The minimum atomic E-state index is -0.257. The number of carbonyl (C=O) groups is 2. The van der Waals surface area contributed by atoms with Gasteiger partial charge in [0.25, 0.3) is 0 Å². The molecule has 2 amide bonds. The number of carbonyl (C=O) groups excluding carboxylic acids is 2. The molecule has 1 atom stereocenters. The van der Waals surface area contributed by atoms with Gasteiger partial charge in [-0.25, -0.2) is 4.39 Å². The maximum Gasteiger partial charge on any atom is 0.225 e. The Morgan fingerprint density at radius 2 is 2.00 bits per heavy atom. The Labute approximate surface area is 123 Å². The molecule has 3 rings (SSSR count). The summed E-state index contributed by atoms with van der Waals surface area (Å²) < 4.78 is 12.8. The van der Waals surface area contributed by atoms with Crippen molar-refractivity contribution in [2.45, 2.75) is 31.7 Å². The highest BCUT2D eigenvalue weighted by atomic mass is 19.1. The van der Waals surface area contributed by atoms with Crippen molar-refractivity contribution in [1.29, 1.82) is 0 Å². The van der Waals surface area contributed by atoms with Crippen molar-refractivity contribution in [3.8, 4) is 0 Å². The molecule has 2 aliphatic rings. The standard InChI is InChI=1S/C16H19FN2O2/c17-13-3-1-11(2-4-13)7-8-18-16(21)12-9-15(20)19(10-12)14-5-6-14/h1-4,12,14H,5-10H2,(H,18,21)/t12-/m0/s1. The smallest absolute Gasteiger partial charge is 0.225 e. The lowest BCUT2D eigenvalue weighted by Gasteiger charge is -2.15. The van der Waals surface area contributed by atoms with Gasteiger partial charge >= 0.3 is 0 Å². The van der Waals surface area contributed by atoms with E-state index in [0.717, 1.165) is 18.4 Å². The van der Waals surface area contributed by atoms with Crippen molar-refractivity contribution in [3.05, 3.63) is 35.6 Å². The largest absolute Gasteiger partial charge is 0.355 e. The molecule has 0 radical (unpaired) electrons. The summed E-state index contributed by atoms with van der Waals surface area (Å²) in [4.78, 5) is 25.7. The van der Waals surface area contributed by atoms with Crippen molar-refractivity contribution < 1.29 is 14.0 Å². The Morgan fingerprint density at radius 1 is 1.29 bits per heavy atom. The number of nitrogens with zero attached hydrogens (tertiary/aromatic N) is 1. The van der Waals surface area contributed by atoms with Gasteiger partial charge in [-0.15, -0.1) is 0 Å². The number of hydrogen-bond acceptors (Lipinski definition) is 2. The van der Waals surface area contributed by atoms with Crippen LogP contribution < -0.4 is 5.32 Å². The van der Waals surface area contributed by atoms with Crippen LogP contribution in [0.25, 0.3) is 0 Å². The molecule has 5 heteroatoms. The zero-order valence-electron chi connectivity index (χ0n) is 11.8. The summed E-state index contributed by atoms with van der Waals surface area (Å²) in [6.45, 7) is 1.07. The summed E-state index contributed by atoms with van der Waals surface area (Å²) in [5.41, 5.74) is 0.985. The van der Waals surface area contributed by atoms with Crippen LogP contribution in [0.4, 0.5) is 4.39 Å². The number of halogens is 1. The summed E-state index contributed by atoms with van der Waals surface area (Å²) in [6, 6.07) is 6.65. The molecule has 1 aromatic rings. The van der Waals surface area contributed by atoms with Crippen LogP contribution in [-0.2, 0) is 16.0 Å². The molecule has 112 valence electrons. The predicted octanol–water partition coefficient (Wildman–Crippen LogP) is 1.50. The van der Waals surface area contributed by atoms with Gasteiger partial charge in [0.05, 0.1) is 5.92 Å². The lowest BCUT2D eigenvalue weighted by molar-refractivity contribution is -0.129. The maximum atomic E-state index is 12.8. The number of amides is 2. The van der Waals surface area contributed by atoms with E-state index in [2.05, 4.69) is 5.32 Å². The molecule has 0 unspecified atom stereocenters. The van der Waals surface area contributed by atoms with Crippen molar-refractivity contribution in [2.24, 2.45) is 5.92 Å². The fourth-order valence-corrected chi connectivity index (χ4v) is 2.77. The monoisotopic (exact) mass is 290 g/mol. The quantitative estimate of drug-likeness (QED) is 0.893. The van der Waals surface area contributed by atoms with E-state index in [1.807, 2.05) is 4.90 Å². The average Bonchev–Trinajstić information content (AvgIpc) is 3.23. The summed E-state index contributed by atoms with van der Waals surface area (Å²) >= 11 is 0. The van der Waals surface area contributed by atoms with Crippen LogP contribution in [0.1, 0.15) is 24.8 Å². The molecule has 0 bridgehead atoms. The highest BCUT2D eigenvalue weighted by Gasteiger charge is 2.41. The number of nitrogens with one attached hydrogen (secondary N) is 1. The van der Waals surface area contributed by atoms with Gasteiger partial charge in [0.2, 0.25) is 11.8 Å². The van der Waals surface area contributed by atoms with Crippen LogP contribution in [0.3, 0.4) is 0 Å². The van der Waals surface area contributed by atoms with E-state index in [0.29, 0.717) is 32.0 Å². The van der Waals surface area contributed by atoms with Gasteiger partial charge in [-0.2, -0.15) is 0 Å². The Morgan fingerprint density at radius 3 is 2.67 bits per heavy atom. The molecule has 1 saturated carbocycles. The van der Waals surface area contributed by atoms with Gasteiger partial charge in [-0.3, -0.25) is 9.59 Å². The molecule has 2 fully saturated rings. The molecule has 1 N–H and O–H groups in total. The van der Waals surface area contributed by atoms with E-state index < -0.39 is 0 Å². The Bertz CT molecular complexity index is 540. The van der Waals surface area contributed by atoms with E-state index in [1.54, 1.807) is 12.1 Å². The normalized spacial score (nSPS) is 21.7. The second-order valence-electron chi connectivity index (χ2n) is 5.85. The highest BCUT2D eigenvalue weighted by molar-refractivity contribution is 5.89. The second-order valence-corrected chi connectivity index (χ2v) is 5.85. The first-order valence-electron chi connectivity index (χ1n) is 7.45.